The maximum Gasteiger partial charge on any atom is 0.147 e. The van der Waals surface area contributed by atoms with Crippen LogP contribution in [0.2, 0.25) is 0 Å². The summed E-state index contributed by atoms with van der Waals surface area (Å²) >= 11 is 4.12. The molecular formula is C24H44O6S2. The Kier molecular flexibility index (Phi) is 19.0. The summed E-state index contributed by atoms with van der Waals surface area (Å²) in [5, 5.41) is 0. The van der Waals surface area contributed by atoms with E-state index in [4.69, 9.17) is 28.4 Å². The van der Waals surface area contributed by atoms with Gasteiger partial charge in [0.05, 0.1) is 42.7 Å². The van der Waals surface area contributed by atoms with Crippen LogP contribution in [0.5, 0.6) is 0 Å². The van der Waals surface area contributed by atoms with Crippen LogP contribution >= 0.6 is 23.5 Å². The second-order valence-corrected chi connectivity index (χ2v) is 10.9. The van der Waals surface area contributed by atoms with Gasteiger partial charge in [0.15, 0.2) is 0 Å². The highest BCUT2D eigenvalue weighted by Gasteiger charge is 2.38. The van der Waals surface area contributed by atoms with E-state index in [9.17, 15) is 0 Å². The number of rotatable bonds is 22. The van der Waals surface area contributed by atoms with Crippen LogP contribution in [0.15, 0.2) is 25.3 Å². The molecule has 1 aliphatic rings. The average molecular weight is 493 g/mol. The van der Waals surface area contributed by atoms with E-state index < -0.39 is 0 Å². The van der Waals surface area contributed by atoms with E-state index in [1.807, 2.05) is 12.2 Å². The van der Waals surface area contributed by atoms with Gasteiger partial charge in [-0.15, -0.1) is 36.7 Å². The Bertz CT molecular complexity index is 426. The molecule has 1 heterocycles. The van der Waals surface area contributed by atoms with Crippen LogP contribution in [0.25, 0.3) is 0 Å². The lowest BCUT2D eigenvalue weighted by Gasteiger charge is -2.40. The normalized spacial score (nSPS) is 17.7. The van der Waals surface area contributed by atoms with Crippen molar-refractivity contribution in [3.63, 3.8) is 0 Å². The Morgan fingerprint density at radius 1 is 0.781 bits per heavy atom. The molecule has 188 valence electrons. The molecule has 0 bridgehead atoms. The predicted octanol–water partition coefficient (Wildman–Crippen LogP) is 5.28. The fourth-order valence-electron chi connectivity index (χ4n) is 3.42. The molecule has 0 aromatic heterocycles. The molecule has 6 nitrogen and oxygen atoms in total. The van der Waals surface area contributed by atoms with E-state index in [0.717, 1.165) is 38.5 Å². The Balaban J connectivity index is 2.73. The third-order valence-corrected chi connectivity index (χ3v) is 8.53. The molecule has 8 heteroatoms. The number of hydrogen-bond acceptors (Lipinski definition) is 8. The van der Waals surface area contributed by atoms with Crippen molar-refractivity contribution in [3.05, 3.63) is 25.3 Å². The molecule has 0 aliphatic carbocycles. The minimum atomic E-state index is 0.0645. The summed E-state index contributed by atoms with van der Waals surface area (Å²) in [7, 11) is 3.34. The Morgan fingerprint density at radius 3 is 1.66 bits per heavy atom. The third-order valence-electron chi connectivity index (χ3n) is 5.12. The molecule has 2 unspecified atom stereocenters. The van der Waals surface area contributed by atoms with E-state index in [2.05, 4.69) is 36.7 Å². The first-order valence-corrected chi connectivity index (χ1v) is 13.5. The van der Waals surface area contributed by atoms with Crippen LogP contribution in [0.4, 0.5) is 0 Å². The van der Waals surface area contributed by atoms with Crippen LogP contribution < -0.4 is 0 Å². The maximum absolute atomic E-state index is 6.16. The standard InChI is InChI=1S/C24H44O6S2/c1-5-7-10-22(29-20-27-14-12-25-3)18-24(31-16-9-17-32-24)19-23(11-8-6-2)30-21-28-15-13-26-4/h5-6,22-23H,1-2,7-21H2,3-4H3. The minimum absolute atomic E-state index is 0.0645. The van der Waals surface area contributed by atoms with Gasteiger partial charge in [-0.3, -0.25) is 0 Å². The molecule has 0 spiro atoms. The predicted molar refractivity (Wildman–Crippen MR) is 135 cm³/mol. The summed E-state index contributed by atoms with van der Waals surface area (Å²) in [4.78, 5) is 0. The van der Waals surface area contributed by atoms with Crippen molar-refractivity contribution in [2.45, 2.75) is 61.2 Å². The van der Waals surface area contributed by atoms with Gasteiger partial charge in [-0.1, -0.05) is 12.2 Å². The topological polar surface area (TPSA) is 55.4 Å². The zero-order valence-corrected chi connectivity index (χ0v) is 21.7. The molecule has 0 aromatic carbocycles. The molecule has 1 saturated heterocycles. The fraction of sp³-hybridized carbons (Fsp3) is 0.833. The fourth-order valence-corrected chi connectivity index (χ4v) is 6.97. The SMILES string of the molecule is C=CCCC(CC1(CC(CCC=C)OCOCCOC)SCCCS1)OCOCCOC. The van der Waals surface area contributed by atoms with Gasteiger partial charge < -0.3 is 28.4 Å². The lowest BCUT2D eigenvalue weighted by Crippen LogP contribution is -2.36. The van der Waals surface area contributed by atoms with E-state index in [0.29, 0.717) is 40.0 Å². The third kappa shape index (κ3) is 14.3. The molecule has 1 fully saturated rings. The summed E-state index contributed by atoms with van der Waals surface area (Å²) in [6.45, 7) is 10.6. The monoisotopic (exact) mass is 492 g/mol. The highest BCUT2D eigenvalue weighted by atomic mass is 32.2. The van der Waals surface area contributed by atoms with Crippen molar-refractivity contribution in [1.29, 1.82) is 0 Å². The molecule has 0 radical (unpaired) electrons. The van der Waals surface area contributed by atoms with Crippen LogP contribution in [0, 0.1) is 0 Å². The highest BCUT2D eigenvalue weighted by molar-refractivity contribution is 8.18. The van der Waals surface area contributed by atoms with Gasteiger partial charge in [0.2, 0.25) is 0 Å². The first-order chi connectivity index (χ1) is 15.7. The van der Waals surface area contributed by atoms with E-state index in [-0.39, 0.29) is 16.3 Å². The van der Waals surface area contributed by atoms with Gasteiger partial charge in [-0.2, -0.15) is 0 Å². The largest absolute Gasteiger partial charge is 0.382 e. The molecule has 0 N–H and O–H groups in total. The Morgan fingerprint density at radius 2 is 1.25 bits per heavy atom. The zero-order chi connectivity index (χ0) is 23.3. The van der Waals surface area contributed by atoms with Crippen molar-refractivity contribution in [2.75, 3.05) is 65.7 Å². The van der Waals surface area contributed by atoms with Gasteiger partial charge in [-0.25, -0.2) is 0 Å². The zero-order valence-electron chi connectivity index (χ0n) is 20.1. The van der Waals surface area contributed by atoms with E-state index in [1.165, 1.54) is 17.9 Å². The number of ether oxygens (including phenoxy) is 6. The minimum Gasteiger partial charge on any atom is -0.382 e. The maximum atomic E-state index is 6.16. The molecule has 0 aromatic rings. The van der Waals surface area contributed by atoms with Crippen molar-refractivity contribution in [3.8, 4) is 0 Å². The summed E-state index contributed by atoms with van der Waals surface area (Å²) in [6.07, 6.45) is 11.1. The molecule has 0 saturated carbocycles. The van der Waals surface area contributed by atoms with Gasteiger partial charge in [0.25, 0.3) is 0 Å². The first-order valence-electron chi connectivity index (χ1n) is 11.6. The average Bonchev–Trinajstić information content (AvgIpc) is 2.81. The van der Waals surface area contributed by atoms with Crippen molar-refractivity contribution < 1.29 is 28.4 Å². The van der Waals surface area contributed by atoms with Gasteiger partial charge in [0.1, 0.15) is 13.6 Å². The van der Waals surface area contributed by atoms with Crippen LogP contribution in [-0.2, 0) is 28.4 Å². The molecule has 2 atom stereocenters. The summed E-state index contributed by atoms with van der Waals surface area (Å²) in [6, 6.07) is 0. The quantitative estimate of drug-likeness (QED) is 0.115. The molecular weight excluding hydrogens is 448 g/mol. The first kappa shape index (κ1) is 30.0. The molecule has 1 aliphatic heterocycles. The lowest BCUT2D eigenvalue weighted by atomic mass is 10.0. The summed E-state index contributed by atoms with van der Waals surface area (Å²) < 4.78 is 33.6. The summed E-state index contributed by atoms with van der Waals surface area (Å²) in [5.41, 5.74) is 0. The highest BCUT2D eigenvalue weighted by Crippen LogP contribution is 2.50. The Hall–Kier alpha value is -0.0600. The van der Waals surface area contributed by atoms with Crippen molar-refractivity contribution >= 4 is 23.5 Å². The van der Waals surface area contributed by atoms with Gasteiger partial charge in [-0.05, 0) is 56.5 Å². The number of thioether (sulfide) groups is 2. The van der Waals surface area contributed by atoms with Crippen molar-refractivity contribution in [1.82, 2.24) is 0 Å². The number of methoxy groups -OCH3 is 2. The molecule has 1 rings (SSSR count). The number of hydrogen-bond donors (Lipinski definition) is 0. The second kappa shape index (κ2) is 20.3. The summed E-state index contributed by atoms with van der Waals surface area (Å²) in [5.74, 6) is 2.34. The second-order valence-electron chi connectivity index (χ2n) is 7.72. The van der Waals surface area contributed by atoms with Gasteiger partial charge >= 0.3 is 0 Å². The van der Waals surface area contributed by atoms with Gasteiger partial charge in [0, 0.05) is 14.2 Å². The molecule has 32 heavy (non-hydrogen) atoms. The van der Waals surface area contributed by atoms with E-state index >= 15 is 0 Å². The molecule has 0 amide bonds. The smallest absolute Gasteiger partial charge is 0.147 e. The van der Waals surface area contributed by atoms with Crippen LogP contribution in [0.3, 0.4) is 0 Å². The van der Waals surface area contributed by atoms with Crippen LogP contribution in [-0.4, -0.2) is 82.0 Å². The number of allylic oxidation sites excluding steroid dienone is 2. The Labute approximate surface area is 204 Å². The van der Waals surface area contributed by atoms with Crippen molar-refractivity contribution in [2.24, 2.45) is 0 Å². The van der Waals surface area contributed by atoms with Crippen LogP contribution in [0.1, 0.15) is 44.9 Å². The lowest BCUT2D eigenvalue weighted by molar-refractivity contribution is -0.109. The van der Waals surface area contributed by atoms with E-state index in [1.54, 1.807) is 14.2 Å².